The normalized spacial score (nSPS) is 13.5. The standard InChI is InChI=1S/C55H107NO4/c1-3-5-7-9-11-13-15-17-19-21-23-25-26-27-28-29-30-32-34-36-38-40-42-44-46-48-50-54(59)56-52(51-57)55(60)53(58)49-47-45-43-41-39-37-35-33-31-24-22-20-18-16-14-12-10-8-6-4-2/h33,35,41,43,52-53,55,57-58,60H,3-32,34,36-40,42,44-51H2,1-2H3,(H,56,59)/b35-33+,43-41+. The minimum atomic E-state index is -1.16. The number of carbonyl (C=O) groups excluding carboxylic acids is 1. The van der Waals surface area contributed by atoms with Crippen molar-refractivity contribution in [1.82, 2.24) is 5.32 Å². The first-order valence-electron chi connectivity index (χ1n) is 27.1. The average molecular weight is 846 g/mol. The van der Waals surface area contributed by atoms with Crippen LogP contribution >= 0.6 is 0 Å². The topological polar surface area (TPSA) is 89.8 Å². The van der Waals surface area contributed by atoms with Gasteiger partial charge >= 0.3 is 0 Å². The fourth-order valence-electron chi connectivity index (χ4n) is 8.59. The summed E-state index contributed by atoms with van der Waals surface area (Å²) in [7, 11) is 0. The molecule has 0 aliphatic carbocycles. The number of hydrogen-bond acceptors (Lipinski definition) is 4. The summed E-state index contributed by atoms with van der Waals surface area (Å²) in [5.74, 6) is -0.152. The van der Waals surface area contributed by atoms with Gasteiger partial charge < -0.3 is 20.6 Å². The fraction of sp³-hybridized carbons (Fsp3) is 0.909. The highest BCUT2D eigenvalue weighted by Crippen LogP contribution is 2.17. The Morgan fingerprint density at radius 3 is 1.02 bits per heavy atom. The number of unbranched alkanes of at least 4 members (excludes halogenated alkanes) is 38. The summed E-state index contributed by atoms with van der Waals surface area (Å²) in [6.07, 6.45) is 63.3. The molecular weight excluding hydrogens is 739 g/mol. The third-order valence-corrected chi connectivity index (χ3v) is 12.8. The number of nitrogens with one attached hydrogen (secondary N) is 1. The van der Waals surface area contributed by atoms with Gasteiger partial charge in [-0.2, -0.15) is 0 Å². The van der Waals surface area contributed by atoms with Crippen molar-refractivity contribution in [3.8, 4) is 0 Å². The first-order chi connectivity index (χ1) is 29.6. The number of amides is 1. The summed E-state index contributed by atoms with van der Waals surface area (Å²) in [6.45, 7) is 4.20. The van der Waals surface area contributed by atoms with Crippen LogP contribution < -0.4 is 5.32 Å². The predicted molar refractivity (Wildman–Crippen MR) is 264 cm³/mol. The number of hydrogen-bond donors (Lipinski definition) is 4. The number of aliphatic hydroxyl groups is 3. The molecule has 0 aromatic heterocycles. The highest BCUT2D eigenvalue weighted by molar-refractivity contribution is 5.76. The van der Waals surface area contributed by atoms with Gasteiger partial charge in [0.25, 0.3) is 0 Å². The third kappa shape index (κ3) is 44.9. The first kappa shape index (κ1) is 58.8. The molecule has 356 valence electrons. The van der Waals surface area contributed by atoms with Crippen molar-refractivity contribution in [2.45, 2.75) is 315 Å². The van der Waals surface area contributed by atoms with E-state index in [9.17, 15) is 20.1 Å². The van der Waals surface area contributed by atoms with Crippen LogP contribution in [0, 0.1) is 0 Å². The highest BCUT2D eigenvalue weighted by Gasteiger charge is 2.26. The fourth-order valence-corrected chi connectivity index (χ4v) is 8.59. The van der Waals surface area contributed by atoms with Crippen molar-refractivity contribution in [2.24, 2.45) is 0 Å². The van der Waals surface area contributed by atoms with E-state index in [4.69, 9.17) is 0 Å². The second-order valence-corrected chi connectivity index (χ2v) is 18.8. The van der Waals surface area contributed by atoms with Crippen molar-refractivity contribution in [3.05, 3.63) is 24.3 Å². The second-order valence-electron chi connectivity index (χ2n) is 18.8. The minimum absolute atomic E-state index is 0.152. The van der Waals surface area contributed by atoms with Gasteiger partial charge in [-0.1, -0.05) is 263 Å². The van der Waals surface area contributed by atoms with E-state index < -0.39 is 18.2 Å². The lowest BCUT2D eigenvalue weighted by molar-refractivity contribution is -0.124. The third-order valence-electron chi connectivity index (χ3n) is 12.8. The van der Waals surface area contributed by atoms with Gasteiger partial charge in [-0.3, -0.25) is 4.79 Å². The van der Waals surface area contributed by atoms with Crippen LogP contribution in [0.5, 0.6) is 0 Å². The Kier molecular flexibility index (Phi) is 49.5. The number of carbonyl (C=O) groups is 1. The van der Waals surface area contributed by atoms with Gasteiger partial charge in [0.05, 0.1) is 18.8 Å². The molecule has 4 N–H and O–H groups in total. The van der Waals surface area contributed by atoms with E-state index in [1.807, 2.05) is 0 Å². The Hall–Kier alpha value is -1.17. The molecule has 0 bridgehead atoms. The van der Waals surface area contributed by atoms with Gasteiger partial charge in [-0.25, -0.2) is 0 Å². The van der Waals surface area contributed by atoms with E-state index >= 15 is 0 Å². The summed E-state index contributed by atoms with van der Waals surface area (Å²) in [6, 6.07) is -0.830. The van der Waals surface area contributed by atoms with Gasteiger partial charge in [0.1, 0.15) is 6.10 Å². The van der Waals surface area contributed by atoms with E-state index in [0.717, 1.165) is 44.9 Å². The van der Waals surface area contributed by atoms with Crippen LogP contribution in [0.1, 0.15) is 296 Å². The molecule has 0 spiro atoms. The monoisotopic (exact) mass is 846 g/mol. The Bertz CT molecular complexity index is 890. The quantitative estimate of drug-likeness (QED) is 0.0363. The Labute approximate surface area is 375 Å². The molecule has 5 heteroatoms. The van der Waals surface area contributed by atoms with Crippen LogP contribution in [0.15, 0.2) is 24.3 Å². The zero-order valence-electron chi connectivity index (χ0n) is 40.6. The second kappa shape index (κ2) is 50.5. The summed E-state index contributed by atoms with van der Waals surface area (Å²) in [5, 5.41) is 33.7. The van der Waals surface area contributed by atoms with Crippen molar-refractivity contribution in [2.75, 3.05) is 6.61 Å². The summed E-state index contributed by atoms with van der Waals surface area (Å²) >= 11 is 0. The van der Waals surface area contributed by atoms with Crippen molar-refractivity contribution >= 4 is 5.91 Å². The SMILES string of the molecule is CCCCCCCCCCCCC/C=C/CC/C=C/CCCC(O)C(O)C(CO)NC(=O)CCCCCCCCCCCCCCCCCCCCCCCCCCCC. The first-order valence-corrected chi connectivity index (χ1v) is 27.1. The molecule has 3 unspecified atom stereocenters. The van der Waals surface area contributed by atoms with Crippen molar-refractivity contribution in [1.29, 1.82) is 0 Å². The van der Waals surface area contributed by atoms with E-state index in [1.54, 1.807) is 0 Å². The Morgan fingerprint density at radius 2 is 0.683 bits per heavy atom. The Morgan fingerprint density at radius 1 is 0.400 bits per heavy atom. The highest BCUT2D eigenvalue weighted by atomic mass is 16.3. The van der Waals surface area contributed by atoms with E-state index in [0.29, 0.717) is 12.8 Å². The maximum atomic E-state index is 12.5. The van der Waals surface area contributed by atoms with Gasteiger partial charge in [-0.15, -0.1) is 0 Å². The maximum Gasteiger partial charge on any atom is 0.220 e. The summed E-state index contributed by atoms with van der Waals surface area (Å²) in [4.78, 5) is 12.5. The molecule has 0 saturated heterocycles. The molecule has 0 aliphatic heterocycles. The predicted octanol–water partition coefficient (Wildman–Crippen LogP) is 16.5. The van der Waals surface area contributed by atoms with Crippen LogP contribution in [0.25, 0.3) is 0 Å². The van der Waals surface area contributed by atoms with E-state index in [1.165, 1.54) is 225 Å². The molecule has 0 rings (SSSR count). The Balaban J connectivity index is 3.57. The molecule has 3 atom stereocenters. The number of aliphatic hydroxyl groups excluding tert-OH is 3. The van der Waals surface area contributed by atoms with Gasteiger partial charge in [-0.05, 0) is 51.4 Å². The van der Waals surface area contributed by atoms with Crippen molar-refractivity contribution in [3.63, 3.8) is 0 Å². The van der Waals surface area contributed by atoms with E-state index in [-0.39, 0.29) is 12.5 Å². The van der Waals surface area contributed by atoms with Crippen LogP contribution in [-0.4, -0.2) is 46.1 Å². The molecule has 1 amide bonds. The molecule has 0 radical (unpaired) electrons. The average Bonchev–Trinajstić information content (AvgIpc) is 3.25. The molecule has 60 heavy (non-hydrogen) atoms. The molecule has 0 heterocycles. The zero-order valence-corrected chi connectivity index (χ0v) is 40.6. The van der Waals surface area contributed by atoms with Gasteiger partial charge in [0, 0.05) is 6.42 Å². The van der Waals surface area contributed by atoms with Crippen LogP contribution in [0.4, 0.5) is 0 Å². The largest absolute Gasteiger partial charge is 0.394 e. The molecule has 5 nitrogen and oxygen atoms in total. The van der Waals surface area contributed by atoms with Crippen LogP contribution in [-0.2, 0) is 4.79 Å². The van der Waals surface area contributed by atoms with E-state index in [2.05, 4.69) is 43.5 Å². The number of allylic oxidation sites excluding steroid dienone is 4. The molecular formula is C55H107NO4. The maximum absolute atomic E-state index is 12.5. The van der Waals surface area contributed by atoms with Crippen molar-refractivity contribution < 1.29 is 20.1 Å². The lowest BCUT2D eigenvalue weighted by Gasteiger charge is -2.26. The molecule has 0 aromatic carbocycles. The smallest absolute Gasteiger partial charge is 0.220 e. The summed E-state index contributed by atoms with van der Waals surface area (Å²) < 4.78 is 0. The number of rotatable bonds is 50. The summed E-state index contributed by atoms with van der Waals surface area (Å²) in [5.41, 5.74) is 0. The van der Waals surface area contributed by atoms with Crippen LogP contribution in [0.2, 0.25) is 0 Å². The molecule has 0 fully saturated rings. The van der Waals surface area contributed by atoms with Gasteiger partial charge in [0.2, 0.25) is 5.91 Å². The molecule has 0 aliphatic rings. The van der Waals surface area contributed by atoms with Crippen LogP contribution in [0.3, 0.4) is 0 Å². The minimum Gasteiger partial charge on any atom is -0.394 e. The lowest BCUT2D eigenvalue weighted by Crippen LogP contribution is -2.50. The van der Waals surface area contributed by atoms with Gasteiger partial charge in [0.15, 0.2) is 0 Å². The lowest BCUT2D eigenvalue weighted by atomic mass is 10.0. The molecule has 0 aromatic rings. The zero-order chi connectivity index (χ0) is 43.7. The molecule has 0 saturated carbocycles.